The van der Waals surface area contributed by atoms with Gasteiger partial charge in [-0.05, 0) is 35.7 Å². The number of benzene rings is 2. The molecule has 0 spiro atoms. The Balaban J connectivity index is 1.46. The van der Waals surface area contributed by atoms with Crippen molar-refractivity contribution in [2.45, 2.75) is 26.0 Å². The second-order valence-corrected chi connectivity index (χ2v) is 6.36. The summed E-state index contributed by atoms with van der Waals surface area (Å²) >= 11 is 0. The first-order valence-electron chi connectivity index (χ1n) is 8.58. The molecule has 6 nitrogen and oxygen atoms in total. The van der Waals surface area contributed by atoms with Crippen LogP contribution in [0.15, 0.2) is 42.5 Å². The molecular formula is C20H22N2O4. The predicted molar refractivity (Wildman–Crippen MR) is 96.6 cm³/mol. The molecule has 1 aliphatic rings. The summed E-state index contributed by atoms with van der Waals surface area (Å²) in [6, 6.07) is 13.1. The van der Waals surface area contributed by atoms with Crippen molar-refractivity contribution in [1.29, 1.82) is 0 Å². The zero-order valence-corrected chi connectivity index (χ0v) is 14.6. The van der Waals surface area contributed by atoms with Gasteiger partial charge in [0.1, 0.15) is 5.75 Å². The zero-order chi connectivity index (χ0) is 18.5. The fraction of sp³-hybridized carbons (Fsp3) is 0.300. The standard InChI is InChI=1S/C20H22N2O4/c1-13-2-4-14(5-3-13)11-21-19(24)20(25)22-12-17(23)15-6-7-18-16(10-15)8-9-26-18/h2-7,10,17,23H,8-9,11-12H2,1H3,(H,21,24)(H,22,25). The Hall–Kier alpha value is -2.86. The summed E-state index contributed by atoms with van der Waals surface area (Å²) in [5.41, 5.74) is 3.78. The molecule has 0 fully saturated rings. The van der Waals surface area contributed by atoms with Gasteiger partial charge >= 0.3 is 11.8 Å². The first-order valence-corrected chi connectivity index (χ1v) is 8.58. The van der Waals surface area contributed by atoms with Crippen molar-refractivity contribution in [2.75, 3.05) is 13.2 Å². The molecule has 1 atom stereocenters. The second-order valence-electron chi connectivity index (χ2n) is 6.36. The Morgan fingerprint density at radius 1 is 1.12 bits per heavy atom. The van der Waals surface area contributed by atoms with Gasteiger partial charge in [-0.2, -0.15) is 0 Å². The SMILES string of the molecule is Cc1ccc(CNC(=O)C(=O)NCC(O)c2ccc3c(c2)CCO3)cc1. The van der Waals surface area contributed by atoms with Gasteiger partial charge < -0.3 is 20.5 Å². The Kier molecular flexibility index (Phi) is 5.53. The number of aryl methyl sites for hydroxylation is 1. The van der Waals surface area contributed by atoms with Crippen LogP contribution in [-0.4, -0.2) is 30.1 Å². The van der Waals surface area contributed by atoms with Crippen LogP contribution in [0.25, 0.3) is 0 Å². The number of amides is 2. The molecule has 136 valence electrons. The summed E-state index contributed by atoms with van der Waals surface area (Å²) in [4.78, 5) is 23.8. The van der Waals surface area contributed by atoms with Crippen LogP contribution in [0, 0.1) is 6.92 Å². The van der Waals surface area contributed by atoms with Crippen molar-refractivity contribution < 1.29 is 19.4 Å². The number of rotatable bonds is 5. The largest absolute Gasteiger partial charge is 0.493 e. The molecule has 2 aromatic carbocycles. The van der Waals surface area contributed by atoms with E-state index in [1.807, 2.05) is 43.3 Å². The minimum atomic E-state index is -0.880. The average Bonchev–Trinajstić information content (AvgIpc) is 3.12. The van der Waals surface area contributed by atoms with Gasteiger partial charge in [0.05, 0.1) is 12.7 Å². The minimum absolute atomic E-state index is 0.0313. The number of carbonyl (C=O) groups excluding carboxylic acids is 2. The maximum Gasteiger partial charge on any atom is 0.309 e. The molecular weight excluding hydrogens is 332 g/mol. The number of nitrogens with one attached hydrogen (secondary N) is 2. The fourth-order valence-corrected chi connectivity index (χ4v) is 2.77. The number of hydrogen-bond acceptors (Lipinski definition) is 4. The van der Waals surface area contributed by atoms with Gasteiger partial charge in [0.2, 0.25) is 0 Å². The molecule has 0 saturated heterocycles. The molecule has 0 bridgehead atoms. The maximum absolute atomic E-state index is 11.9. The van der Waals surface area contributed by atoms with Gasteiger partial charge in [0, 0.05) is 19.5 Å². The topological polar surface area (TPSA) is 87.7 Å². The highest BCUT2D eigenvalue weighted by Crippen LogP contribution is 2.27. The Morgan fingerprint density at radius 3 is 2.62 bits per heavy atom. The minimum Gasteiger partial charge on any atom is -0.493 e. The Bertz CT molecular complexity index is 802. The lowest BCUT2D eigenvalue weighted by atomic mass is 10.0. The molecule has 6 heteroatoms. The van der Waals surface area contributed by atoms with Crippen LogP contribution in [0.5, 0.6) is 5.75 Å². The molecule has 0 aliphatic carbocycles. The average molecular weight is 354 g/mol. The van der Waals surface area contributed by atoms with E-state index in [0.29, 0.717) is 12.2 Å². The van der Waals surface area contributed by atoms with Gasteiger partial charge in [-0.1, -0.05) is 35.9 Å². The van der Waals surface area contributed by atoms with Crippen LogP contribution >= 0.6 is 0 Å². The van der Waals surface area contributed by atoms with Crippen LogP contribution in [-0.2, 0) is 22.6 Å². The summed E-state index contributed by atoms with van der Waals surface area (Å²) in [6.45, 7) is 2.87. The molecule has 3 N–H and O–H groups in total. The smallest absolute Gasteiger partial charge is 0.309 e. The third kappa shape index (κ3) is 4.40. The van der Waals surface area contributed by atoms with E-state index >= 15 is 0 Å². The van der Waals surface area contributed by atoms with E-state index in [4.69, 9.17) is 4.74 Å². The van der Waals surface area contributed by atoms with Crippen LogP contribution < -0.4 is 15.4 Å². The number of hydrogen-bond donors (Lipinski definition) is 3. The van der Waals surface area contributed by atoms with E-state index in [9.17, 15) is 14.7 Å². The number of aliphatic hydroxyl groups excluding tert-OH is 1. The van der Waals surface area contributed by atoms with E-state index in [1.165, 1.54) is 0 Å². The second kappa shape index (κ2) is 8.01. The van der Waals surface area contributed by atoms with E-state index in [1.54, 1.807) is 6.07 Å². The first kappa shape index (κ1) is 17.9. The highest BCUT2D eigenvalue weighted by molar-refractivity contribution is 6.35. The molecule has 0 radical (unpaired) electrons. The number of fused-ring (bicyclic) bond motifs is 1. The summed E-state index contributed by atoms with van der Waals surface area (Å²) in [6.07, 6.45) is -0.0707. The third-order valence-corrected chi connectivity index (χ3v) is 4.33. The lowest BCUT2D eigenvalue weighted by Gasteiger charge is -2.13. The summed E-state index contributed by atoms with van der Waals surface area (Å²) in [7, 11) is 0. The monoisotopic (exact) mass is 354 g/mol. The van der Waals surface area contributed by atoms with E-state index in [0.717, 1.165) is 28.9 Å². The van der Waals surface area contributed by atoms with E-state index in [-0.39, 0.29) is 13.1 Å². The molecule has 2 aromatic rings. The molecule has 1 unspecified atom stereocenters. The molecule has 3 rings (SSSR count). The number of ether oxygens (including phenoxy) is 1. The molecule has 0 saturated carbocycles. The normalized spacial score (nSPS) is 13.5. The predicted octanol–water partition coefficient (Wildman–Crippen LogP) is 1.40. The zero-order valence-electron chi connectivity index (χ0n) is 14.6. The molecule has 0 aromatic heterocycles. The van der Waals surface area contributed by atoms with E-state index < -0.39 is 17.9 Å². The number of aliphatic hydroxyl groups is 1. The van der Waals surface area contributed by atoms with Crippen LogP contribution in [0.2, 0.25) is 0 Å². The Labute approximate surface area is 152 Å². The highest BCUT2D eigenvalue weighted by atomic mass is 16.5. The van der Waals surface area contributed by atoms with Crippen LogP contribution in [0.3, 0.4) is 0 Å². The molecule has 2 amide bonds. The van der Waals surface area contributed by atoms with Gasteiger partial charge in [-0.3, -0.25) is 9.59 Å². The van der Waals surface area contributed by atoms with Gasteiger partial charge in [0.25, 0.3) is 0 Å². The van der Waals surface area contributed by atoms with E-state index in [2.05, 4.69) is 10.6 Å². The van der Waals surface area contributed by atoms with Crippen molar-refractivity contribution in [3.8, 4) is 5.75 Å². The van der Waals surface area contributed by atoms with Crippen LogP contribution in [0.1, 0.15) is 28.4 Å². The number of carbonyl (C=O) groups is 2. The lowest BCUT2D eigenvalue weighted by Crippen LogP contribution is -2.41. The van der Waals surface area contributed by atoms with Gasteiger partial charge in [-0.15, -0.1) is 0 Å². The van der Waals surface area contributed by atoms with Gasteiger partial charge in [-0.25, -0.2) is 0 Å². The lowest BCUT2D eigenvalue weighted by molar-refractivity contribution is -0.139. The van der Waals surface area contributed by atoms with Gasteiger partial charge in [0.15, 0.2) is 0 Å². The van der Waals surface area contributed by atoms with Crippen molar-refractivity contribution >= 4 is 11.8 Å². The van der Waals surface area contributed by atoms with Crippen molar-refractivity contribution in [3.05, 3.63) is 64.7 Å². The maximum atomic E-state index is 11.9. The van der Waals surface area contributed by atoms with Crippen molar-refractivity contribution in [1.82, 2.24) is 10.6 Å². The quantitative estimate of drug-likeness (QED) is 0.708. The summed E-state index contributed by atoms with van der Waals surface area (Å²) in [5.74, 6) is -0.652. The highest BCUT2D eigenvalue weighted by Gasteiger charge is 2.18. The first-order chi connectivity index (χ1) is 12.5. The molecule has 1 heterocycles. The van der Waals surface area contributed by atoms with Crippen LogP contribution in [0.4, 0.5) is 0 Å². The van der Waals surface area contributed by atoms with Crippen molar-refractivity contribution in [2.24, 2.45) is 0 Å². The molecule has 26 heavy (non-hydrogen) atoms. The molecule has 1 aliphatic heterocycles. The third-order valence-electron chi connectivity index (χ3n) is 4.33. The van der Waals surface area contributed by atoms with Crippen molar-refractivity contribution in [3.63, 3.8) is 0 Å². The summed E-state index contributed by atoms with van der Waals surface area (Å²) < 4.78 is 5.43. The fourth-order valence-electron chi connectivity index (χ4n) is 2.77. The Morgan fingerprint density at radius 2 is 1.85 bits per heavy atom. The summed E-state index contributed by atoms with van der Waals surface area (Å²) in [5, 5.41) is 15.3.